The molecule has 0 rings (SSSR count). The topological polar surface area (TPSA) is 78.9 Å². The van der Waals surface area contributed by atoms with Crippen LogP contribution < -0.4 is 0 Å². The molecule has 0 amide bonds. The van der Waals surface area contributed by atoms with E-state index >= 15 is 0 Å². The normalized spacial score (nSPS) is 12.5. The Morgan fingerprint density at radius 1 is 0.313 bits per heavy atom. The molecule has 0 aliphatic rings. The van der Waals surface area contributed by atoms with E-state index in [-0.39, 0.29) is 31.1 Å². The van der Waals surface area contributed by atoms with Gasteiger partial charge in [-0.3, -0.25) is 14.4 Å². The zero-order valence-electron chi connectivity index (χ0n) is 44.4. The Morgan fingerprint density at radius 3 is 0.910 bits per heavy atom. The molecule has 0 radical (unpaired) electrons. The smallest absolute Gasteiger partial charge is 0.306 e. The van der Waals surface area contributed by atoms with Crippen LogP contribution in [0.4, 0.5) is 0 Å². The first kappa shape index (κ1) is 64.1. The zero-order valence-corrected chi connectivity index (χ0v) is 44.4. The third-order valence-corrected chi connectivity index (χ3v) is 12.5. The van der Waals surface area contributed by atoms with Gasteiger partial charge in [-0.1, -0.05) is 268 Å². The molecule has 0 aromatic carbocycles. The minimum absolute atomic E-state index is 0.0711. The van der Waals surface area contributed by atoms with Crippen LogP contribution in [0.5, 0.6) is 0 Å². The van der Waals surface area contributed by atoms with E-state index in [4.69, 9.17) is 14.2 Å². The van der Waals surface area contributed by atoms with Crippen molar-refractivity contribution in [3.05, 3.63) is 60.8 Å². The Morgan fingerprint density at radius 2 is 0.582 bits per heavy atom. The van der Waals surface area contributed by atoms with Crippen LogP contribution in [-0.4, -0.2) is 37.2 Å². The second kappa shape index (κ2) is 55.7. The molecule has 0 aliphatic heterocycles. The van der Waals surface area contributed by atoms with Crippen molar-refractivity contribution < 1.29 is 28.6 Å². The molecule has 0 aliphatic carbocycles. The highest BCUT2D eigenvalue weighted by atomic mass is 16.6. The summed E-state index contributed by atoms with van der Waals surface area (Å²) in [7, 11) is 0. The van der Waals surface area contributed by atoms with Crippen molar-refractivity contribution in [2.75, 3.05) is 13.2 Å². The highest BCUT2D eigenvalue weighted by Crippen LogP contribution is 2.16. The number of ether oxygens (including phenoxy) is 3. The molecule has 6 nitrogen and oxygen atoms in total. The number of unbranched alkanes of at least 4 members (excludes halogenated alkanes) is 31. The molecule has 0 fully saturated rings. The fourth-order valence-corrected chi connectivity index (χ4v) is 8.24. The van der Waals surface area contributed by atoms with Crippen molar-refractivity contribution in [2.24, 2.45) is 0 Å². The number of hydrogen-bond donors (Lipinski definition) is 0. The molecule has 1 unspecified atom stereocenters. The molecular weight excluding hydrogens is 829 g/mol. The average molecular weight is 938 g/mol. The summed E-state index contributed by atoms with van der Waals surface area (Å²) in [6, 6.07) is 0. The molecule has 388 valence electrons. The molecular formula is C61H108O6. The molecule has 1 atom stereocenters. The maximum absolute atomic E-state index is 12.8. The van der Waals surface area contributed by atoms with Gasteiger partial charge in [-0.2, -0.15) is 0 Å². The number of carbonyl (C=O) groups excluding carboxylic acids is 3. The summed E-state index contributed by atoms with van der Waals surface area (Å²) < 4.78 is 16.7. The van der Waals surface area contributed by atoms with Gasteiger partial charge >= 0.3 is 17.9 Å². The van der Waals surface area contributed by atoms with Gasteiger partial charge in [0.2, 0.25) is 0 Å². The van der Waals surface area contributed by atoms with E-state index in [0.717, 1.165) is 96.3 Å². The van der Waals surface area contributed by atoms with Gasteiger partial charge in [0.15, 0.2) is 6.10 Å². The monoisotopic (exact) mass is 937 g/mol. The van der Waals surface area contributed by atoms with Crippen LogP contribution in [0.1, 0.15) is 290 Å². The summed E-state index contributed by atoms with van der Waals surface area (Å²) in [5, 5.41) is 0. The lowest BCUT2D eigenvalue weighted by molar-refractivity contribution is -0.167. The van der Waals surface area contributed by atoms with Gasteiger partial charge in [-0.25, -0.2) is 0 Å². The second-order valence-electron chi connectivity index (χ2n) is 19.2. The molecule has 6 heteroatoms. The van der Waals surface area contributed by atoms with Gasteiger partial charge < -0.3 is 14.2 Å². The molecule has 0 aromatic heterocycles. The first-order valence-electron chi connectivity index (χ1n) is 28.8. The fourth-order valence-electron chi connectivity index (χ4n) is 8.24. The molecule has 0 N–H and O–H groups in total. The van der Waals surface area contributed by atoms with Crippen LogP contribution in [0.2, 0.25) is 0 Å². The Hall–Kier alpha value is -2.89. The zero-order chi connectivity index (χ0) is 48.6. The minimum Gasteiger partial charge on any atom is -0.462 e. The summed E-state index contributed by atoms with van der Waals surface area (Å²) in [4.78, 5) is 37.8. The van der Waals surface area contributed by atoms with E-state index in [1.54, 1.807) is 0 Å². The predicted molar refractivity (Wildman–Crippen MR) is 288 cm³/mol. The quantitative estimate of drug-likeness (QED) is 0.0262. The van der Waals surface area contributed by atoms with Crippen molar-refractivity contribution in [3.63, 3.8) is 0 Å². The van der Waals surface area contributed by atoms with Crippen LogP contribution in [0.3, 0.4) is 0 Å². The Labute approximate surface area is 415 Å². The first-order valence-corrected chi connectivity index (χ1v) is 28.8. The number of esters is 3. The maximum atomic E-state index is 12.8. The van der Waals surface area contributed by atoms with E-state index in [0.29, 0.717) is 19.3 Å². The lowest BCUT2D eigenvalue weighted by Gasteiger charge is -2.18. The summed E-state index contributed by atoms with van der Waals surface area (Å²) in [6.45, 7) is 6.47. The summed E-state index contributed by atoms with van der Waals surface area (Å²) in [5.41, 5.74) is 0. The number of hydrogen-bond acceptors (Lipinski definition) is 6. The van der Waals surface area contributed by atoms with E-state index in [1.165, 1.54) is 154 Å². The largest absolute Gasteiger partial charge is 0.462 e. The van der Waals surface area contributed by atoms with E-state index in [9.17, 15) is 14.4 Å². The van der Waals surface area contributed by atoms with Crippen LogP contribution >= 0.6 is 0 Å². The van der Waals surface area contributed by atoms with Crippen molar-refractivity contribution in [2.45, 2.75) is 297 Å². The average Bonchev–Trinajstić information content (AvgIpc) is 3.33. The van der Waals surface area contributed by atoms with Gasteiger partial charge in [-0.15, -0.1) is 0 Å². The van der Waals surface area contributed by atoms with E-state index in [1.807, 2.05) is 0 Å². The number of carbonyl (C=O) groups is 3. The summed E-state index contributed by atoms with van der Waals surface area (Å²) in [6.07, 6.45) is 69.8. The predicted octanol–water partition coefficient (Wildman–Crippen LogP) is 19.2. The lowest BCUT2D eigenvalue weighted by Crippen LogP contribution is -2.30. The Bertz CT molecular complexity index is 1210. The highest BCUT2D eigenvalue weighted by molar-refractivity contribution is 5.71. The van der Waals surface area contributed by atoms with Crippen molar-refractivity contribution in [1.29, 1.82) is 0 Å². The van der Waals surface area contributed by atoms with Crippen LogP contribution in [-0.2, 0) is 28.6 Å². The minimum atomic E-state index is -0.767. The molecule has 67 heavy (non-hydrogen) atoms. The Balaban J connectivity index is 4.00. The highest BCUT2D eigenvalue weighted by Gasteiger charge is 2.19. The van der Waals surface area contributed by atoms with Gasteiger partial charge in [0.05, 0.1) is 0 Å². The Kier molecular flexibility index (Phi) is 53.3. The first-order chi connectivity index (χ1) is 33.0. The van der Waals surface area contributed by atoms with Gasteiger partial charge in [0, 0.05) is 19.3 Å². The van der Waals surface area contributed by atoms with Crippen LogP contribution in [0.25, 0.3) is 0 Å². The summed E-state index contributed by atoms with van der Waals surface area (Å²) >= 11 is 0. The summed E-state index contributed by atoms with van der Waals surface area (Å²) in [5.74, 6) is -0.874. The molecule has 0 saturated carbocycles. The van der Waals surface area contributed by atoms with Crippen molar-refractivity contribution in [1.82, 2.24) is 0 Å². The molecule has 0 bridgehead atoms. The second-order valence-corrected chi connectivity index (χ2v) is 19.2. The fraction of sp³-hybridized carbons (Fsp3) is 0.787. The van der Waals surface area contributed by atoms with Crippen molar-refractivity contribution >= 4 is 17.9 Å². The third kappa shape index (κ3) is 53.9. The van der Waals surface area contributed by atoms with Gasteiger partial charge in [0.25, 0.3) is 0 Å². The van der Waals surface area contributed by atoms with Crippen molar-refractivity contribution in [3.8, 4) is 0 Å². The molecule has 0 heterocycles. The number of allylic oxidation sites excluding steroid dienone is 10. The SMILES string of the molecule is CC/C=C\C/C=C\C/C=C\C/C=C\C/C=C\CCCCCCCCCCCCCCCC(=O)OCC(COC(=O)CCCCCCC)OC(=O)CCCCCCCCCCCCCCCCC. The molecule has 0 saturated heterocycles. The molecule has 0 aromatic rings. The van der Waals surface area contributed by atoms with Gasteiger partial charge in [0.1, 0.15) is 13.2 Å². The standard InChI is InChI=1S/C61H108O6/c1-4-7-10-13-15-17-19-21-23-24-25-26-27-28-29-30-31-32-33-34-35-36-38-39-41-43-45-48-51-54-60(63)66-57-58(56-65-59(62)53-50-47-12-9-6-3)67-61(64)55-52-49-46-44-42-40-37-22-20-18-16-14-11-8-5-2/h7,10,15,17,21,23,25-26,28-29,58H,4-6,8-9,11-14,16,18-20,22,24,27,30-57H2,1-3H3/b10-7-,17-15-,23-21-,26-25-,29-28-. The van der Waals surface area contributed by atoms with E-state index in [2.05, 4.69) is 81.5 Å². The maximum Gasteiger partial charge on any atom is 0.306 e. The lowest BCUT2D eigenvalue weighted by atomic mass is 10.0. The van der Waals surface area contributed by atoms with Gasteiger partial charge in [-0.05, 0) is 64.2 Å². The van der Waals surface area contributed by atoms with Crippen LogP contribution in [0.15, 0.2) is 60.8 Å². The number of rotatable bonds is 52. The van der Waals surface area contributed by atoms with Crippen LogP contribution in [0, 0.1) is 0 Å². The molecule has 0 spiro atoms. The van der Waals surface area contributed by atoms with E-state index < -0.39 is 6.10 Å². The third-order valence-electron chi connectivity index (χ3n) is 12.5.